The number of aliphatic carboxylic acids is 1. The van der Waals surface area contributed by atoms with Gasteiger partial charge in [0.2, 0.25) is 5.91 Å². The topological polar surface area (TPSA) is 83.6 Å². The van der Waals surface area contributed by atoms with E-state index in [1.54, 1.807) is 11.8 Å². The van der Waals surface area contributed by atoms with Crippen molar-refractivity contribution in [3.8, 4) is 0 Å². The van der Waals surface area contributed by atoms with Crippen molar-refractivity contribution in [2.45, 2.75) is 53.5 Å². The predicted molar refractivity (Wildman–Crippen MR) is 75.7 cm³/mol. The summed E-state index contributed by atoms with van der Waals surface area (Å²) >= 11 is 0. The summed E-state index contributed by atoms with van der Waals surface area (Å²) in [6.45, 7) is 10.6. The van der Waals surface area contributed by atoms with E-state index in [0.717, 1.165) is 0 Å². The first kappa shape index (κ1) is 17.9. The van der Waals surface area contributed by atoms with Crippen LogP contribution in [0.25, 0.3) is 0 Å². The number of hydrogen-bond donors (Lipinski definition) is 2. The van der Waals surface area contributed by atoms with E-state index in [9.17, 15) is 9.59 Å². The van der Waals surface area contributed by atoms with E-state index in [-0.39, 0.29) is 29.7 Å². The normalized spacial score (nSPS) is 14.8. The summed E-state index contributed by atoms with van der Waals surface area (Å²) in [5, 5.41) is 8.83. The molecule has 0 bridgehead atoms. The molecule has 0 aliphatic carbocycles. The zero-order chi connectivity index (χ0) is 15.2. The molecule has 112 valence electrons. The average Bonchev–Trinajstić information content (AvgIpc) is 2.24. The zero-order valence-corrected chi connectivity index (χ0v) is 12.8. The third kappa shape index (κ3) is 6.57. The molecule has 0 aromatic carbocycles. The number of carbonyl (C=O) groups is 2. The maximum Gasteiger partial charge on any atom is 0.305 e. The van der Waals surface area contributed by atoms with Crippen molar-refractivity contribution in [1.29, 1.82) is 0 Å². The quantitative estimate of drug-likeness (QED) is 0.739. The van der Waals surface area contributed by atoms with E-state index >= 15 is 0 Å². The number of nitrogens with two attached hydrogens (primary N) is 1. The molecular weight excluding hydrogens is 244 g/mol. The van der Waals surface area contributed by atoms with Crippen LogP contribution in [0.4, 0.5) is 0 Å². The summed E-state index contributed by atoms with van der Waals surface area (Å²) in [5.41, 5.74) is 5.73. The molecule has 5 nitrogen and oxygen atoms in total. The number of carboxylic acid groups (broad SMARTS) is 1. The van der Waals surface area contributed by atoms with Crippen LogP contribution in [0.1, 0.15) is 47.5 Å². The summed E-state index contributed by atoms with van der Waals surface area (Å²) in [6.07, 6.45) is 0.672. The fourth-order valence-corrected chi connectivity index (χ4v) is 2.29. The van der Waals surface area contributed by atoms with Crippen molar-refractivity contribution in [2.24, 2.45) is 17.1 Å². The molecule has 0 rings (SSSR count). The van der Waals surface area contributed by atoms with E-state index in [2.05, 4.69) is 20.8 Å². The number of rotatable bonds is 7. The van der Waals surface area contributed by atoms with E-state index < -0.39 is 5.97 Å². The van der Waals surface area contributed by atoms with Crippen molar-refractivity contribution in [3.63, 3.8) is 0 Å². The van der Waals surface area contributed by atoms with E-state index in [1.165, 1.54) is 0 Å². The van der Waals surface area contributed by atoms with Gasteiger partial charge in [0.15, 0.2) is 0 Å². The van der Waals surface area contributed by atoms with Crippen LogP contribution in [0.3, 0.4) is 0 Å². The largest absolute Gasteiger partial charge is 0.481 e. The summed E-state index contributed by atoms with van der Waals surface area (Å²) in [4.78, 5) is 24.8. The minimum atomic E-state index is -0.890. The van der Waals surface area contributed by atoms with Gasteiger partial charge in [-0.3, -0.25) is 9.59 Å². The molecule has 5 heteroatoms. The first-order valence-corrected chi connectivity index (χ1v) is 6.84. The lowest BCUT2D eigenvalue weighted by Gasteiger charge is -2.33. The lowest BCUT2D eigenvalue weighted by Crippen LogP contribution is -2.45. The van der Waals surface area contributed by atoms with Gasteiger partial charge in [0.25, 0.3) is 0 Å². The summed E-state index contributed by atoms with van der Waals surface area (Å²) < 4.78 is 0. The SMILES string of the molecule is CCN(C(=O)C(CN)CC(C)(C)C)C(C)CC(=O)O. The third-order valence-electron chi connectivity index (χ3n) is 3.12. The number of amides is 1. The summed E-state index contributed by atoms with van der Waals surface area (Å²) in [7, 11) is 0. The van der Waals surface area contributed by atoms with Gasteiger partial charge in [-0.05, 0) is 25.7 Å². The van der Waals surface area contributed by atoms with Gasteiger partial charge in [0.05, 0.1) is 12.3 Å². The molecule has 19 heavy (non-hydrogen) atoms. The highest BCUT2D eigenvalue weighted by molar-refractivity contribution is 5.80. The van der Waals surface area contributed by atoms with Crippen LogP contribution in [-0.4, -0.2) is 41.0 Å². The predicted octanol–water partition coefficient (Wildman–Crippen LogP) is 1.71. The van der Waals surface area contributed by atoms with Crippen LogP contribution >= 0.6 is 0 Å². The minimum absolute atomic E-state index is 0.0230. The van der Waals surface area contributed by atoms with Crippen molar-refractivity contribution in [1.82, 2.24) is 4.90 Å². The Morgan fingerprint density at radius 1 is 1.32 bits per heavy atom. The van der Waals surface area contributed by atoms with E-state index in [0.29, 0.717) is 19.5 Å². The molecule has 0 saturated carbocycles. The van der Waals surface area contributed by atoms with Crippen LogP contribution in [0.15, 0.2) is 0 Å². The average molecular weight is 272 g/mol. The minimum Gasteiger partial charge on any atom is -0.481 e. The molecule has 2 unspecified atom stereocenters. The van der Waals surface area contributed by atoms with Crippen LogP contribution in [0, 0.1) is 11.3 Å². The van der Waals surface area contributed by atoms with Gasteiger partial charge in [0.1, 0.15) is 0 Å². The van der Waals surface area contributed by atoms with Gasteiger partial charge in [-0.1, -0.05) is 20.8 Å². The fourth-order valence-electron chi connectivity index (χ4n) is 2.29. The molecule has 0 radical (unpaired) electrons. The second-order valence-electron chi connectivity index (χ2n) is 6.27. The number of carbonyl (C=O) groups excluding carboxylic acids is 1. The number of carboxylic acids is 1. The monoisotopic (exact) mass is 272 g/mol. The molecule has 0 saturated heterocycles. The lowest BCUT2D eigenvalue weighted by atomic mass is 9.84. The van der Waals surface area contributed by atoms with Gasteiger partial charge >= 0.3 is 5.97 Å². The van der Waals surface area contributed by atoms with Crippen LogP contribution in [0.5, 0.6) is 0 Å². The Labute approximate surface area is 116 Å². The molecule has 0 spiro atoms. The van der Waals surface area contributed by atoms with Crippen molar-refractivity contribution in [3.05, 3.63) is 0 Å². The second-order valence-corrected chi connectivity index (χ2v) is 6.27. The van der Waals surface area contributed by atoms with Gasteiger partial charge < -0.3 is 15.7 Å². The standard InChI is InChI=1S/C14H28N2O3/c1-6-16(10(2)7-12(17)18)13(19)11(9-15)8-14(3,4)5/h10-11H,6-9,15H2,1-5H3,(H,17,18). The van der Waals surface area contributed by atoms with Gasteiger partial charge in [-0.15, -0.1) is 0 Å². The highest BCUT2D eigenvalue weighted by atomic mass is 16.4. The molecule has 0 heterocycles. The van der Waals surface area contributed by atoms with Gasteiger partial charge in [0, 0.05) is 19.1 Å². The fraction of sp³-hybridized carbons (Fsp3) is 0.857. The molecule has 0 aromatic rings. The summed E-state index contributed by atoms with van der Waals surface area (Å²) in [5.74, 6) is -1.16. The van der Waals surface area contributed by atoms with Crippen molar-refractivity contribution < 1.29 is 14.7 Å². The number of nitrogens with zero attached hydrogens (tertiary/aromatic N) is 1. The Hall–Kier alpha value is -1.10. The molecular formula is C14H28N2O3. The molecule has 0 aliphatic heterocycles. The van der Waals surface area contributed by atoms with E-state index in [4.69, 9.17) is 10.8 Å². The Bertz CT molecular complexity index is 310. The first-order chi connectivity index (χ1) is 8.62. The maximum atomic E-state index is 12.5. The Balaban J connectivity index is 4.84. The number of hydrogen-bond acceptors (Lipinski definition) is 3. The highest BCUT2D eigenvalue weighted by Gasteiger charge is 2.29. The van der Waals surface area contributed by atoms with Crippen LogP contribution < -0.4 is 5.73 Å². The smallest absolute Gasteiger partial charge is 0.305 e. The van der Waals surface area contributed by atoms with Crippen LogP contribution in [-0.2, 0) is 9.59 Å². The van der Waals surface area contributed by atoms with E-state index in [1.807, 2.05) is 6.92 Å². The first-order valence-electron chi connectivity index (χ1n) is 6.84. The molecule has 2 atom stereocenters. The molecule has 3 N–H and O–H groups in total. The Morgan fingerprint density at radius 3 is 2.16 bits per heavy atom. The highest BCUT2D eigenvalue weighted by Crippen LogP contribution is 2.25. The van der Waals surface area contributed by atoms with Crippen molar-refractivity contribution in [2.75, 3.05) is 13.1 Å². The molecule has 1 amide bonds. The van der Waals surface area contributed by atoms with Crippen LogP contribution in [0.2, 0.25) is 0 Å². The Morgan fingerprint density at radius 2 is 1.84 bits per heavy atom. The maximum absolute atomic E-state index is 12.5. The zero-order valence-electron chi connectivity index (χ0n) is 12.8. The van der Waals surface area contributed by atoms with Gasteiger partial charge in [-0.2, -0.15) is 0 Å². The molecule has 0 aromatic heterocycles. The third-order valence-corrected chi connectivity index (χ3v) is 3.12. The second kappa shape index (κ2) is 7.48. The molecule has 0 fully saturated rings. The summed E-state index contributed by atoms with van der Waals surface area (Å²) in [6, 6.07) is -0.302. The van der Waals surface area contributed by atoms with Crippen molar-refractivity contribution >= 4 is 11.9 Å². The Kier molecular flexibility index (Phi) is 7.05. The molecule has 0 aliphatic rings. The lowest BCUT2D eigenvalue weighted by molar-refractivity contribution is -0.142. The van der Waals surface area contributed by atoms with Gasteiger partial charge in [-0.25, -0.2) is 0 Å².